The number of carbonyl (C=O) groups is 1. The number of phosphoric acid groups is 1. The lowest BCUT2D eigenvalue weighted by Crippen LogP contribution is -2.67. The molecule has 2 aromatic rings. The fourth-order valence-electron chi connectivity index (χ4n) is 6.27. The predicted octanol–water partition coefficient (Wildman–Crippen LogP) is 8.16. The second kappa shape index (κ2) is 23.0. The molecule has 0 fully saturated rings. The first-order valence-corrected chi connectivity index (χ1v) is 22.4. The van der Waals surface area contributed by atoms with Gasteiger partial charge in [0.25, 0.3) is 16.1 Å². The van der Waals surface area contributed by atoms with Gasteiger partial charge in [-0.25, -0.2) is 0 Å². The van der Waals surface area contributed by atoms with E-state index < -0.39 is 22.2 Å². The van der Waals surface area contributed by atoms with Crippen molar-refractivity contribution >= 4 is 32.5 Å². The minimum Gasteiger partial charge on any atom is -0.756 e. The van der Waals surface area contributed by atoms with E-state index in [0.717, 1.165) is 29.6 Å². The summed E-state index contributed by atoms with van der Waals surface area (Å²) in [5, 5.41) is 1.85. The number of ether oxygens (including phenoxy) is 1. The zero-order valence-electron chi connectivity index (χ0n) is 32.3. The maximum absolute atomic E-state index is 13.1. The van der Waals surface area contributed by atoms with Crippen molar-refractivity contribution in [1.82, 2.24) is 0 Å². The quantitative estimate of drug-likeness (QED) is 0.0301. The molecule has 2 atom stereocenters. The minimum absolute atomic E-state index is 0.00760. The topological polar surface area (TPSA) is 94.1 Å². The summed E-state index contributed by atoms with van der Waals surface area (Å²) in [6.45, 7) is 8.83. The van der Waals surface area contributed by atoms with Crippen LogP contribution < -0.4 is 15.3 Å². The normalized spacial score (nSPS) is 14.3. The van der Waals surface area contributed by atoms with Crippen molar-refractivity contribution in [2.75, 3.05) is 47.5 Å². The zero-order chi connectivity index (χ0) is 36.9. The summed E-state index contributed by atoms with van der Waals surface area (Å²) in [4.78, 5) is 25.8. The van der Waals surface area contributed by atoms with Crippen LogP contribution in [0.25, 0.3) is 0 Å². The molecule has 0 spiro atoms. The van der Waals surface area contributed by atoms with Crippen LogP contribution in [0.1, 0.15) is 118 Å². The summed E-state index contributed by atoms with van der Waals surface area (Å²) in [6.07, 6.45) is 15.2. The van der Waals surface area contributed by atoms with E-state index >= 15 is 0 Å². The highest BCUT2D eigenvalue weighted by Crippen LogP contribution is 2.39. The smallest absolute Gasteiger partial charge is 0.306 e. The number of hydrogen-bond donors (Lipinski definition) is 0. The van der Waals surface area contributed by atoms with Gasteiger partial charge in [-0.3, -0.25) is 9.36 Å². The lowest BCUT2D eigenvalue weighted by Gasteiger charge is -2.43. The van der Waals surface area contributed by atoms with Crippen LogP contribution in [0.5, 0.6) is 0 Å². The number of quaternary nitrogens is 1. The van der Waals surface area contributed by atoms with Gasteiger partial charge in [0.1, 0.15) is 19.3 Å². The molecule has 1 unspecified atom stereocenters. The Morgan fingerprint density at radius 2 is 1.20 bits per heavy atom. The number of esters is 1. The SMILES string of the molecule is CCCCCCCCCCCCCCCC(=O)O[C@H](CO[Si](c1ccccc1)(c1ccccc1)C(C)(C)C)COP(=O)([O-])OCC[N+](C)(C)C. The molecule has 2 rings (SSSR count). The summed E-state index contributed by atoms with van der Waals surface area (Å²) in [7, 11) is -1.74. The van der Waals surface area contributed by atoms with E-state index in [2.05, 4.69) is 52.0 Å². The molecule has 10 heteroatoms. The predicted molar refractivity (Wildman–Crippen MR) is 206 cm³/mol. The molecule has 0 aliphatic carbocycles. The van der Waals surface area contributed by atoms with Gasteiger partial charge in [-0.15, -0.1) is 0 Å². The first kappa shape index (κ1) is 44.3. The number of unbranched alkanes of at least 4 members (excludes halogenated alkanes) is 12. The van der Waals surface area contributed by atoms with Gasteiger partial charge in [0.2, 0.25) is 0 Å². The van der Waals surface area contributed by atoms with Gasteiger partial charge in [-0.05, 0) is 21.8 Å². The second-order valence-electron chi connectivity index (χ2n) is 15.7. The Kier molecular flexibility index (Phi) is 20.3. The summed E-state index contributed by atoms with van der Waals surface area (Å²) < 4.78 is 36.6. The second-order valence-corrected chi connectivity index (χ2v) is 21.4. The van der Waals surface area contributed by atoms with Gasteiger partial charge in [0.15, 0.2) is 0 Å². The average Bonchev–Trinajstić information content (AvgIpc) is 3.05. The van der Waals surface area contributed by atoms with E-state index in [1.807, 2.05) is 57.5 Å². The summed E-state index contributed by atoms with van der Waals surface area (Å²) >= 11 is 0. The van der Waals surface area contributed by atoms with Crippen LogP contribution >= 0.6 is 7.82 Å². The Bertz CT molecular complexity index is 1190. The van der Waals surface area contributed by atoms with Crippen molar-refractivity contribution in [1.29, 1.82) is 0 Å². The molecule has 0 aliphatic rings. The van der Waals surface area contributed by atoms with E-state index in [4.69, 9.17) is 18.2 Å². The van der Waals surface area contributed by atoms with Gasteiger partial charge in [0.05, 0.1) is 34.4 Å². The molecule has 0 aromatic heterocycles. The summed E-state index contributed by atoms with van der Waals surface area (Å²) in [5.74, 6) is -0.376. The molecule has 0 saturated carbocycles. The molecule has 0 bridgehead atoms. The Labute approximate surface area is 305 Å². The number of benzene rings is 2. The molecular weight excluding hydrogens is 666 g/mol. The third-order valence-corrected chi connectivity index (χ3v) is 15.1. The molecule has 284 valence electrons. The Morgan fingerprint density at radius 1 is 0.740 bits per heavy atom. The van der Waals surface area contributed by atoms with E-state index in [1.165, 1.54) is 64.2 Å². The first-order valence-electron chi connectivity index (χ1n) is 19.1. The number of carbonyl (C=O) groups excluding carboxylic acids is 1. The Morgan fingerprint density at radius 3 is 1.64 bits per heavy atom. The third-order valence-electron chi connectivity index (χ3n) is 9.12. The highest BCUT2D eigenvalue weighted by atomic mass is 31.2. The van der Waals surface area contributed by atoms with Gasteiger partial charge >= 0.3 is 5.97 Å². The molecule has 8 nitrogen and oxygen atoms in total. The van der Waals surface area contributed by atoms with Crippen molar-refractivity contribution in [2.24, 2.45) is 0 Å². The standard InChI is InChI=1S/C40H68NO7PSi/c1-8-9-10-11-12-13-14-15-16-17-18-19-26-31-39(42)48-36(34-46-49(43,44)45-33-32-41(5,6)7)35-47-50(40(2,3)4,37-27-22-20-23-28-37)38-29-24-21-25-30-38/h20-25,27-30,36H,8-19,26,31-35H2,1-7H3/t36-/m0/s1. The third kappa shape index (κ3) is 17.1. The Balaban J connectivity index is 2.04. The van der Waals surface area contributed by atoms with Crippen LogP contribution in [0, 0.1) is 0 Å². The highest BCUT2D eigenvalue weighted by Gasteiger charge is 2.50. The number of likely N-dealkylation sites (N-methyl/N-ethyl adjacent to an activating group) is 1. The molecule has 50 heavy (non-hydrogen) atoms. The fourth-order valence-corrected chi connectivity index (χ4v) is 11.6. The Hall–Kier alpha value is -1.84. The lowest BCUT2D eigenvalue weighted by atomic mass is 10.0. The first-order chi connectivity index (χ1) is 23.7. The molecule has 0 amide bonds. The zero-order valence-corrected chi connectivity index (χ0v) is 34.2. The van der Waals surface area contributed by atoms with Crippen LogP contribution in [-0.4, -0.2) is 72.4 Å². The molecule has 0 radical (unpaired) electrons. The average molecular weight is 734 g/mol. The van der Waals surface area contributed by atoms with E-state index in [0.29, 0.717) is 11.0 Å². The maximum Gasteiger partial charge on any atom is 0.306 e. The monoisotopic (exact) mass is 733 g/mol. The van der Waals surface area contributed by atoms with Crippen molar-refractivity contribution in [3.05, 3.63) is 60.7 Å². The van der Waals surface area contributed by atoms with Crippen LogP contribution in [0.15, 0.2) is 60.7 Å². The number of hydrogen-bond acceptors (Lipinski definition) is 7. The van der Waals surface area contributed by atoms with E-state index in [1.54, 1.807) is 0 Å². The van der Waals surface area contributed by atoms with Crippen LogP contribution in [-0.2, 0) is 27.6 Å². The molecule has 0 heterocycles. The largest absolute Gasteiger partial charge is 0.756 e. The van der Waals surface area contributed by atoms with Gasteiger partial charge in [0, 0.05) is 6.42 Å². The molecule has 2 aromatic carbocycles. The molecule has 0 aliphatic heterocycles. The van der Waals surface area contributed by atoms with Crippen LogP contribution in [0.3, 0.4) is 0 Å². The maximum atomic E-state index is 13.1. The fraction of sp³-hybridized carbons (Fsp3) is 0.675. The summed E-state index contributed by atoms with van der Waals surface area (Å²) in [5.41, 5.74) is 0. The van der Waals surface area contributed by atoms with Gasteiger partial charge < -0.3 is 27.6 Å². The van der Waals surface area contributed by atoms with Crippen molar-refractivity contribution in [2.45, 2.75) is 129 Å². The highest BCUT2D eigenvalue weighted by molar-refractivity contribution is 7.45. The number of phosphoric ester groups is 1. The van der Waals surface area contributed by atoms with Crippen molar-refractivity contribution < 1.29 is 36.9 Å². The van der Waals surface area contributed by atoms with E-state index in [9.17, 15) is 14.3 Å². The summed E-state index contributed by atoms with van der Waals surface area (Å²) in [6, 6.07) is 20.3. The van der Waals surface area contributed by atoms with Crippen molar-refractivity contribution in [3.63, 3.8) is 0 Å². The lowest BCUT2D eigenvalue weighted by molar-refractivity contribution is -0.870. The molecule has 0 N–H and O–H groups in total. The van der Waals surface area contributed by atoms with E-state index in [-0.39, 0.29) is 37.2 Å². The van der Waals surface area contributed by atoms with Gasteiger partial charge in [-0.1, -0.05) is 165 Å². The van der Waals surface area contributed by atoms with Crippen LogP contribution in [0.4, 0.5) is 0 Å². The number of rotatable bonds is 27. The van der Waals surface area contributed by atoms with Crippen LogP contribution in [0.2, 0.25) is 5.04 Å². The number of nitrogens with zero attached hydrogens (tertiary/aromatic N) is 1. The van der Waals surface area contributed by atoms with Crippen molar-refractivity contribution in [3.8, 4) is 0 Å². The van der Waals surface area contributed by atoms with Gasteiger partial charge in [-0.2, -0.15) is 0 Å². The molecule has 0 saturated heterocycles. The molecular formula is C40H68NO7PSi. The minimum atomic E-state index is -4.64.